The lowest BCUT2D eigenvalue weighted by molar-refractivity contribution is -0.192. The normalized spacial score (nSPS) is 13.8. The monoisotopic (exact) mass is 421 g/mol. The lowest BCUT2D eigenvalue weighted by Crippen LogP contribution is -2.51. The molecule has 160 valence electrons. The van der Waals surface area contributed by atoms with Gasteiger partial charge in [-0.2, -0.15) is 18.4 Å². The highest BCUT2D eigenvalue weighted by Crippen LogP contribution is 2.40. The summed E-state index contributed by atoms with van der Waals surface area (Å²) in [6.45, 7) is 2.89. The molecular formula is C22H23F4N3O. The molecule has 1 amide bonds. The van der Waals surface area contributed by atoms with Crippen molar-refractivity contribution in [3.8, 4) is 17.2 Å². The Labute approximate surface area is 172 Å². The molecule has 2 aromatic carbocycles. The molecular weight excluding hydrogens is 398 g/mol. The molecule has 0 radical (unpaired) electrons. The summed E-state index contributed by atoms with van der Waals surface area (Å²) in [6, 6.07) is 9.43. The number of carbonyl (C=O) groups excluding carboxylic acids is 1. The maximum absolute atomic E-state index is 14.1. The average molecular weight is 421 g/mol. The Morgan fingerprint density at radius 3 is 2.20 bits per heavy atom. The highest BCUT2D eigenvalue weighted by Gasteiger charge is 2.47. The lowest BCUT2D eigenvalue weighted by atomic mass is 9.95. The number of primary amides is 1. The van der Waals surface area contributed by atoms with Crippen molar-refractivity contribution in [2.75, 3.05) is 6.54 Å². The fourth-order valence-electron chi connectivity index (χ4n) is 3.43. The van der Waals surface area contributed by atoms with Gasteiger partial charge in [-0.3, -0.25) is 9.69 Å². The van der Waals surface area contributed by atoms with E-state index >= 15 is 0 Å². The van der Waals surface area contributed by atoms with E-state index in [1.54, 1.807) is 26.0 Å². The van der Waals surface area contributed by atoms with Crippen molar-refractivity contribution < 1.29 is 22.4 Å². The summed E-state index contributed by atoms with van der Waals surface area (Å²) in [4.78, 5) is 12.7. The quantitative estimate of drug-likeness (QED) is 0.491. The lowest BCUT2D eigenvalue weighted by Gasteiger charge is -2.37. The van der Waals surface area contributed by atoms with E-state index < -0.39 is 36.5 Å². The zero-order chi connectivity index (χ0) is 22.5. The minimum Gasteiger partial charge on any atom is -0.368 e. The van der Waals surface area contributed by atoms with Crippen LogP contribution in [0.2, 0.25) is 0 Å². The Balaban J connectivity index is 2.51. The Morgan fingerprint density at radius 2 is 1.73 bits per heavy atom. The van der Waals surface area contributed by atoms with Crippen LogP contribution in [-0.4, -0.2) is 29.6 Å². The number of halogens is 4. The summed E-state index contributed by atoms with van der Waals surface area (Å²) in [5.41, 5.74) is 5.91. The van der Waals surface area contributed by atoms with Gasteiger partial charge in [0, 0.05) is 5.56 Å². The summed E-state index contributed by atoms with van der Waals surface area (Å²) < 4.78 is 56.2. The number of alkyl halides is 3. The Hall–Kier alpha value is -2.92. The van der Waals surface area contributed by atoms with Gasteiger partial charge in [0.2, 0.25) is 5.91 Å². The number of nitrogens with two attached hydrogens (primary N) is 1. The van der Waals surface area contributed by atoms with Gasteiger partial charge in [-0.15, -0.1) is 0 Å². The molecule has 0 spiro atoms. The number of nitriles is 1. The summed E-state index contributed by atoms with van der Waals surface area (Å²) in [5.74, 6) is -1.52. The Morgan fingerprint density at radius 1 is 1.13 bits per heavy atom. The molecule has 2 atom stereocenters. The number of carbonyl (C=O) groups is 1. The minimum absolute atomic E-state index is 0.0803. The molecule has 0 unspecified atom stereocenters. The summed E-state index contributed by atoms with van der Waals surface area (Å²) >= 11 is 0. The van der Waals surface area contributed by atoms with Gasteiger partial charge in [-0.05, 0) is 29.5 Å². The van der Waals surface area contributed by atoms with Gasteiger partial charge in [-0.25, -0.2) is 4.39 Å². The minimum atomic E-state index is -4.76. The van der Waals surface area contributed by atoms with Crippen LogP contribution in [0.5, 0.6) is 0 Å². The van der Waals surface area contributed by atoms with E-state index in [9.17, 15) is 22.4 Å². The third-order valence-corrected chi connectivity index (χ3v) is 4.73. The van der Waals surface area contributed by atoms with E-state index in [-0.39, 0.29) is 23.5 Å². The van der Waals surface area contributed by atoms with Crippen LogP contribution < -0.4 is 5.73 Å². The number of hydrogen-bond acceptors (Lipinski definition) is 3. The standard InChI is InChI=1S/C22H23F4N3O/c1-14(2)13-19(21(28)30)29(12-11-27)20(22(24,25)26)16-9-7-15(8-10-16)17-5-3-4-6-18(17)23/h3-10,14,19-20H,12-13H2,1-2H3,(H2,28,30)/t19-,20-/m0/s1. The van der Waals surface area contributed by atoms with Crippen molar-refractivity contribution in [3.05, 3.63) is 59.9 Å². The van der Waals surface area contributed by atoms with Gasteiger partial charge in [-0.1, -0.05) is 56.3 Å². The molecule has 2 rings (SSSR count). The molecule has 2 N–H and O–H groups in total. The molecule has 0 aliphatic carbocycles. The van der Waals surface area contributed by atoms with E-state index in [0.717, 1.165) is 4.90 Å². The number of benzene rings is 2. The second-order valence-electron chi connectivity index (χ2n) is 7.42. The molecule has 0 aliphatic rings. The molecule has 4 nitrogen and oxygen atoms in total. The molecule has 0 saturated carbocycles. The number of rotatable bonds is 8. The van der Waals surface area contributed by atoms with Gasteiger partial charge in [0.05, 0.1) is 18.7 Å². The summed E-state index contributed by atoms with van der Waals surface area (Å²) in [6.07, 6.45) is -4.68. The Kier molecular flexibility index (Phi) is 7.57. The van der Waals surface area contributed by atoms with Gasteiger partial charge in [0.1, 0.15) is 11.9 Å². The first-order valence-corrected chi connectivity index (χ1v) is 9.39. The third-order valence-electron chi connectivity index (χ3n) is 4.73. The first-order chi connectivity index (χ1) is 14.1. The van der Waals surface area contributed by atoms with E-state index in [0.29, 0.717) is 5.56 Å². The first-order valence-electron chi connectivity index (χ1n) is 9.39. The molecule has 0 heterocycles. The van der Waals surface area contributed by atoms with Crippen molar-refractivity contribution in [3.63, 3.8) is 0 Å². The van der Waals surface area contributed by atoms with Crippen LogP contribution in [0, 0.1) is 23.1 Å². The Bertz CT molecular complexity index is 904. The number of amides is 1. The SMILES string of the molecule is CC(C)C[C@@H](C(N)=O)N(CC#N)[C@@H](c1ccc(-c2ccccc2F)cc1)C(F)(F)F. The van der Waals surface area contributed by atoms with Gasteiger partial charge in [0.15, 0.2) is 0 Å². The van der Waals surface area contributed by atoms with Crippen LogP contribution in [0.25, 0.3) is 11.1 Å². The van der Waals surface area contributed by atoms with Crippen LogP contribution in [0.3, 0.4) is 0 Å². The highest BCUT2D eigenvalue weighted by molar-refractivity contribution is 5.80. The topological polar surface area (TPSA) is 70.1 Å². The predicted molar refractivity (Wildman–Crippen MR) is 105 cm³/mol. The van der Waals surface area contributed by atoms with Crippen molar-refractivity contribution in [2.24, 2.45) is 11.7 Å². The second kappa shape index (κ2) is 9.72. The zero-order valence-electron chi connectivity index (χ0n) is 16.7. The molecule has 8 heteroatoms. The van der Waals surface area contributed by atoms with Gasteiger partial charge in [0.25, 0.3) is 0 Å². The van der Waals surface area contributed by atoms with Crippen molar-refractivity contribution in [1.82, 2.24) is 4.90 Å². The van der Waals surface area contributed by atoms with Crippen molar-refractivity contribution in [2.45, 2.75) is 38.5 Å². The maximum Gasteiger partial charge on any atom is 0.408 e. The molecule has 0 aromatic heterocycles. The highest BCUT2D eigenvalue weighted by atomic mass is 19.4. The molecule has 0 fully saturated rings. The molecule has 0 saturated heterocycles. The molecule has 0 aliphatic heterocycles. The van der Waals surface area contributed by atoms with Crippen LogP contribution in [0.1, 0.15) is 31.9 Å². The largest absolute Gasteiger partial charge is 0.408 e. The van der Waals surface area contributed by atoms with Crippen LogP contribution in [-0.2, 0) is 4.79 Å². The van der Waals surface area contributed by atoms with Crippen LogP contribution >= 0.6 is 0 Å². The predicted octanol–water partition coefficient (Wildman–Crippen LogP) is 4.82. The van der Waals surface area contributed by atoms with Crippen molar-refractivity contribution in [1.29, 1.82) is 5.26 Å². The van der Waals surface area contributed by atoms with Gasteiger partial charge >= 0.3 is 6.18 Å². The van der Waals surface area contributed by atoms with E-state index in [1.807, 2.05) is 0 Å². The first kappa shape index (κ1) is 23.4. The summed E-state index contributed by atoms with van der Waals surface area (Å²) in [5, 5.41) is 9.13. The van der Waals surface area contributed by atoms with Crippen molar-refractivity contribution >= 4 is 5.91 Å². The fourth-order valence-corrected chi connectivity index (χ4v) is 3.43. The average Bonchev–Trinajstić information content (AvgIpc) is 2.65. The van der Waals surface area contributed by atoms with Crippen LogP contribution in [0.4, 0.5) is 17.6 Å². The van der Waals surface area contributed by atoms with Gasteiger partial charge < -0.3 is 5.73 Å². The van der Waals surface area contributed by atoms with E-state index in [4.69, 9.17) is 11.0 Å². The molecule has 0 bridgehead atoms. The summed E-state index contributed by atoms with van der Waals surface area (Å²) in [7, 11) is 0. The molecule has 30 heavy (non-hydrogen) atoms. The fraction of sp³-hybridized carbons (Fsp3) is 0.364. The number of nitrogens with zero attached hydrogens (tertiary/aromatic N) is 2. The number of hydrogen-bond donors (Lipinski definition) is 1. The molecule has 2 aromatic rings. The maximum atomic E-state index is 14.1. The third kappa shape index (κ3) is 5.57. The second-order valence-corrected chi connectivity index (χ2v) is 7.42. The van der Waals surface area contributed by atoms with Crippen LogP contribution in [0.15, 0.2) is 48.5 Å². The smallest absolute Gasteiger partial charge is 0.368 e. The zero-order valence-corrected chi connectivity index (χ0v) is 16.7. The van der Waals surface area contributed by atoms with E-state index in [2.05, 4.69) is 0 Å². The van der Waals surface area contributed by atoms with E-state index in [1.165, 1.54) is 42.5 Å².